The highest BCUT2D eigenvalue weighted by Crippen LogP contribution is 2.35. The van der Waals surface area contributed by atoms with Crippen molar-refractivity contribution in [3.8, 4) is 0 Å². The van der Waals surface area contributed by atoms with Crippen molar-refractivity contribution in [2.24, 2.45) is 17.8 Å². The Hall–Kier alpha value is -0.610. The van der Waals surface area contributed by atoms with Crippen LogP contribution in [-0.2, 0) is 19.0 Å². The number of carbonyl (C=O) groups is 1. The third kappa shape index (κ3) is 5.06. The zero-order chi connectivity index (χ0) is 15.1. The molecule has 4 nitrogen and oxygen atoms in total. The zero-order valence-corrected chi connectivity index (χ0v) is 13.6. The summed E-state index contributed by atoms with van der Waals surface area (Å²) in [5.74, 6) is 1.31. The van der Waals surface area contributed by atoms with Crippen LogP contribution >= 0.6 is 0 Å². The van der Waals surface area contributed by atoms with Gasteiger partial charge in [0.05, 0.1) is 0 Å². The lowest BCUT2D eigenvalue weighted by molar-refractivity contribution is -0.202. The van der Waals surface area contributed by atoms with E-state index in [4.69, 9.17) is 14.2 Å². The van der Waals surface area contributed by atoms with Gasteiger partial charge in [-0.1, -0.05) is 20.8 Å². The molecule has 0 amide bonds. The molecule has 4 heteroatoms. The molecule has 0 aromatic rings. The number of ether oxygens (including phenoxy) is 3. The fourth-order valence-corrected chi connectivity index (χ4v) is 2.77. The molecule has 0 N–H and O–H groups in total. The molecule has 0 aromatic heterocycles. The Morgan fingerprint density at radius 3 is 2.25 bits per heavy atom. The largest absolute Gasteiger partial charge is 0.458 e. The predicted molar refractivity (Wildman–Crippen MR) is 78.3 cm³/mol. The Bertz CT molecular complexity index is 284. The third-order valence-electron chi connectivity index (χ3n) is 4.20. The maximum atomic E-state index is 12.1. The quantitative estimate of drug-likeness (QED) is 0.531. The molecule has 0 radical (unpaired) electrons. The molecule has 20 heavy (non-hydrogen) atoms. The van der Waals surface area contributed by atoms with E-state index in [1.807, 2.05) is 13.8 Å². The average molecular weight is 286 g/mol. The SMILES string of the molecule is CCOC(OCC)C(=O)OC1CC(C(C)C)CCC1C. The summed E-state index contributed by atoms with van der Waals surface area (Å²) in [6, 6.07) is 0. The topological polar surface area (TPSA) is 44.8 Å². The summed E-state index contributed by atoms with van der Waals surface area (Å²) in [6.45, 7) is 11.2. The average Bonchev–Trinajstić information content (AvgIpc) is 2.40. The molecule has 1 fully saturated rings. The van der Waals surface area contributed by atoms with Crippen molar-refractivity contribution < 1.29 is 19.0 Å². The van der Waals surface area contributed by atoms with Gasteiger partial charge in [0.2, 0.25) is 0 Å². The fraction of sp³-hybridized carbons (Fsp3) is 0.938. The second-order valence-electron chi connectivity index (χ2n) is 6.01. The van der Waals surface area contributed by atoms with Crippen molar-refractivity contribution in [2.75, 3.05) is 13.2 Å². The van der Waals surface area contributed by atoms with E-state index in [1.165, 1.54) is 6.42 Å². The van der Waals surface area contributed by atoms with Crippen molar-refractivity contribution in [1.29, 1.82) is 0 Å². The Morgan fingerprint density at radius 1 is 1.15 bits per heavy atom. The summed E-state index contributed by atoms with van der Waals surface area (Å²) >= 11 is 0. The predicted octanol–water partition coefficient (Wildman–Crippen LogP) is 3.39. The van der Waals surface area contributed by atoms with E-state index in [9.17, 15) is 4.79 Å². The first-order chi connectivity index (χ1) is 9.49. The molecule has 118 valence electrons. The molecular weight excluding hydrogens is 256 g/mol. The summed E-state index contributed by atoms with van der Waals surface area (Å²) in [6.07, 6.45) is 2.42. The van der Waals surface area contributed by atoms with Crippen molar-refractivity contribution in [3.63, 3.8) is 0 Å². The molecule has 0 heterocycles. The lowest BCUT2D eigenvalue weighted by atomic mass is 9.76. The Kier molecular flexibility index (Phi) is 7.52. The standard InChI is InChI=1S/C16H30O4/c1-6-18-16(19-7-2)15(17)20-14-10-13(11(3)4)9-8-12(14)5/h11-14,16H,6-10H2,1-5H3. The maximum absolute atomic E-state index is 12.1. The summed E-state index contributed by atoms with van der Waals surface area (Å²) in [7, 11) is 0. The van der Waals surface area contributed by atoms with Gasteiger partial charge in [-0.3, -0.25) is 0 Å². The summed E-state index contributed by atoms with van der Waals surface area (Å²) in [5.41, 5.74) is 0. The van der Waals surface area contributed by atoms with Crippen LogP contribution in [0.2, 0.25) is 0 Å². The van der Waals surface area contributed by atoms with Gasteiger partial charge in [0.25, 0.3) is 6.29 Å². The van der Waals surface area contributed by atoms with E-state index in [-0.39, 0.29) is 12.1 Å². The highest BCUT2D eigenvalue weighted by atomic mass is 16.7. The van der Waals surface area contributed by atoms with Gasteiger partial charge >= 0.3 is 5.97 Å². The number of hydrogen-bond donors (Lipinski definition) is 0. The minimum absolute atomic E-state index is 0.00735. The third-order valence-corrected chi connectivity index (χ3v) is 4.20. The molecule has 0 spiro atoms. The van der Waals surface area contributed by atoms with Gasteiger partial charge in [-0.15, -0.1) is 0 Å². The maximum Gasteiger partial charge on any atom is 0.363 e. The Balaban J connectivity index is 2.57. The van der Waals surface area contributed by atoms with Crippen LogP contribution in [0.4, 0.5) is 0 Å². The Labute approximate surface area is 123 Å². The monoisotopic (exact) mass is 286 g/mol. The lowest BCUT2D eigenvalue weighted by Gasteiger charge is -2.36. The van der Waals surface area contributed by atoms with E-state index in [0.717, 1.165) is 12.8 Å². The van der Waals surface area contributed by atoms with Gasteiger partial charge < -0.3 is 14.2 Å². The van der Waals surface area contributed by atoms with Crippen molar-refractivity contribution in [2.45, 2.75) is 66.3 Å². The summed E-state index contributed by atoms with van der Waals surface area (Å²) in [4.78, 5) is 12.1. The molecule has 3 atom stereocenters. The summed E-state index contributed by atoms with van der Waals surface area (Å²) < 4.78 is 16.3. The molecule has 0 saturated heterocycles. The first-order valence-corrected chi connectivity index (χ1v) is 7.93. The molecule has 0 aliphatic heterocycles. The van der Waals surface area contributed by atoms with Gasteiger partial charge in [-0.05, 0) is 50.9 Å². The van der Waals surface area contributed by atoms with Crippen LogP contribution in [0.3, 0.4) is 0 Å². The van der Waals surface area contributed by atoms with Crippen LogP contribution in [0.25, 0.3) is 0 Å². The molecule has 1 saturated carbocycles. The van der Waals surface area contributed by atoms with E-state index in [2.05, 4.69) is 20.8 Å². The number of rotatable bonds is 7. The molecule has 0 bridgehead atoms. The van der Waals surface area contributed by atoms with Crippen LogP contribution in [0.1, 0.15) is 53.9 Å². The first-order valence-electron chi connectivity index (χ1n) is 7.93. The van der Waals surface area contributed by atoms with Gasteiger partial charge in [0.1, 0.15) is 6.10 Å². The zero-order valence-electron chi connectivity index (χ0n) is 13.6. The fourth-order valence-electron chi connectivity index (χ4n) is 2.77. The van der Waals surface area contributed by atoms with Gasteiger partial charge in [-0.25, -0.2) is 4.79 Å². The molecule has 3 unspecified atom stereocenters. The first kappa shape index (κ1) is 17.4. The number of esters is 1. The number of carbonyl (C=O) groups excluding carboxylic acids is 1. The molecule has 1 aliphatic rings. The van der Waals surface area contributed by atoms with E-state index in [1.54, 1.807) is 0 Å². The highest BCUT2D eigenvalue weighted by molar-refractivity contribution is 5.73. The van der Waals surface area contributed by atoms with Crippen LogP contribution in [0.5, 0.6) is 0 Å². The van der Waals surface area contributed by atoms with Crippen LogP contribution in [-0.4, -0.2) is 31.6 Å². The molecule has 0 aromatic carbocycles. The van der Waals surface area contributed by atoms with E-state index in [0.29, 0.717) is 31.0 Å². The number of hydrogen-bond acceptors (Lipinski definition) is 4. The molecule has 1 rings (SSSR count). The van der Waals surface area contributed by atoms with Gasteiger partial charge in [0, 0.05) is 13.2 Å². The van der Waals surface area contributed by atoms with E-state index >= 15 is 0 Å². The molecular formula is C16H30O4. The normalized spacial score (nSPS) is 27.1. The second-order valence-corrected chi connectivity index (χ2v) is 6.01. The molecule has 1 aliphatic carbocycles. The van der Waals surface area contributed by atoms with Gasteiger partial charge in [-0.2, -0.15) is 0 Å². The summed E-state index contributed by atoms with van der Waals surface area (Å²) in [5, 5.41) is 0. The smallest absolute Gasteiger partial charge is 0.363 e. The van der Waals surface area contributed by atoms with Crippen molar-refractivity contribution >= 4 is 5.97 Å². The van der Waals surface area contributed by atoms with Gasteiger partial charge in [0.15, 0.2) is 0 Å². The minimum Gasteiger partial charge on any atom is -0.458 e. The van der Waals surface area contributed by atoms with Crippen molar-refractivity contribution in [3.05, 3.63) is 0 Å². The van der Waals surface area contributed by atoms with E-state index < -0.39 is 6.29 Å². The lowest BCUT2D eigenvalue weighted by Crippen LogP contribution is -2.38. The minimum atomic E-state index is -0.878. The highest BCUT2D eigenvalue weighted by Gasteiger charge is 2.33. The van der Waals surface area contributed by atoms with Crippen LogP contribution in [0.15, 0.2) is 0 Å². The Morgan fingerprint density at radius 2 is 1.75 bits per heavy atom. The van der Waals surface area contributed by atoms with Crippen LogP contribution < -0.4 is 0 Å². The second kappa shape index (κ2) is 8.63. The van der Waals surface area contributed by atoms with Crippen LogP contribution in [0, 0.1) is 17.8 Å². The van der Waals surface area contributed by atoms with Crippen molar-refractivity contribution in [1.82, 2.24) is 0 Å².